The third-order valence-electron chi connectivity index (χ3n) is 9.93. The largest absolute Gasteiger partial charge is 0.508 e. The zero-order chi connectivity index (χ0) is 40.1. The number of nitrogens with two attached hydrogens (primary N) is 2. The Kier molecular flexibility index (Phi) is 14.1. The number of phenols is 2. The van der Waals surface area contributed by atoms with E-state index in [9.17, 15) is 39.6 Å². The van der Waals surface area contributed by atoms with E-state index in [4.69, 9.17) is 15.9 Å². The lowest BCUT2D eigenvalue weighted by molar-refractivity contribution is -0.133. The molecule has 2 aromatic rings. The first-order valence-electron chi connectivity index (χ1n) is 17.8. The number of aromatic hydroxyl groups is 2. The van der Waals surface area contributed by atoms with Gasteiger partial charge in [0.25, 0.3) is 0 Å². The summed E-state index contributed by atoms with van der Waals surface area (Å²) in [4.78, 5) is 54.4. The molecular weight excluding hydrogens is 701 g/mol. The number of benzene rings is 2. The van der Waals surface area contributed by atoms with Gasteiger partial charge in [0.2, 0.25) is 17.7 Å². The molecule has 16 heteroatoms. The van der Waals surface area contributed by atoms with Crippen LogP contribution in [-0.2, 0) is 31.7 Å². The predicted molar refractivity (Wildman–Crippen MR) is 204 cm³/mol. The van der Waals surface area contributed by atoms with Crippen molar-refractivity contribution in [3.05, 3.63) is 47.5 Å². The minimum Gasteiger partial charge on any atom is -0.508 e. The number of carbonyl (C=O) groups is 4. The van der Waals surface area contributed by atoms with E-state index >= 15 is 0 Å². The summed E-state index contributed by atoms with van der Waals surface area (Å²) < 4.78 is 6.52. The lowest BCUT2D eigenvalue weighted by atomic mass is 9.95. The number of nitrogens with zero attached hydrogens (tertiary/aromatic N) is 1. The average Bonchev–Trinajstić information content (AvgIpc) is 3.05. The van der Waals surface area contributed by atoms with Crippen LogP contribution >= 0.6 is 0 Å². The highest BCUT2D eigenvalue weighted by Gasteiger charge is 2.40. The molecule has 4 amide bonds. The van der Waals surface area contributed by atoms with Crippen LogP contribution in [0.1, 0.15) is 59.1 Å². The standard InChI is InChI=1S/C37H58N6O9Si/c1-36(2,3)43(35(50)51)20-25(44)19-40-33(48)28-16-24-14-22(10-12-31(24)46)21-9-11-30(45)23(13-21)15-27(39)32(47)41-29(34(49)42-28)17-26(18-38)52-53(7,8)37(4,5)6/h9-14,25-29,44-46H,15-20,38-39H2,1-8H3,(H,40,48)(H,41,47)(H,42,49)(H,50,51)/t25?,26-,27+,28+,29+/m1/s1. The lowest BCUT2D eigenvalue weighted by Gasteiger charge is -2.39. The van der Waals surface area contributed by atoms with Gasteiger partial charge >= 0.3 is 6.09 Å². The maximum absolute atomic E-state index is 14.2. The summed E-state index contributed by atoms with van der Waals surface area (Å²) in [5.41, 5.74) is 13.6. The summed E-state index contributed by atoms with van der Waals surface area (Å²) in [7, 11) is -2.40. The number of β-amino-alcohol motifs (C(OH)–C–C–N with tert-alkyl or cyclic N) is 1. The Hall–Kier alpha value is -4.22. The van der Waals surface area contributed by atoms with Crippen LogP contribution in [0.2, 0.25) is 18.1 Å². The van der Waals surface area contributed by atoms with E-state index in [1.807, 2.05) is 13.1 Å². The second kappa shape index (κ2) is 17.3. The van der Waals surface area contributed by atoms with Crippen molar-refractivity contribution in [3.8, 4) is 22.6 Å². The molecule has 0 aromatic heterocycles. The first kappa shape index (κ1) is 43.2. The predicted octanol–water partition coefficient (Wildman–Crippen LogP) is 2.16. The molecule has 11 N–H and O–H groups in total. The second-order valence-electron chi connectivity index (χ2n) is 16.3. The molecule has 0 aliphatic carbocycles. The molecule has 294 valence electrons. The summed E-state index contributed by atoms with van der Waals surface area (Å²) in [5.74, 6) is -2.39. The number of rotatable bonds is 10. The molecule has 0 saturated heterocycles. The Morgan fingerprint density at radius 3 is 2.00 bits per heavy atom. The molecule has 0 spiro atoms. The third-order valence-corrected chi connectivity index (χ3v) is 14.5. The Balaban J connectivity index is 2.05. The summed E-state index contributed by atoms with van der Waals surface area (Å²) in [6.07, 6.45) is -3.52. The number of carbonyl (C=O) groups excluding carboxylic acids is 3. The van der Waals surface area contributed by atoms with E-state index < -0.39 is 68.0 Å². The Bertz CT molecular complexity index is 1640. The first-order valence-corrected chi connectivity index (χ1v) is 20.7. The van der Waals surface area contributed by atoms with Gasteiger partial charge in [-0.2, -0.15) is 0 Å². The Morgan fingerprint density at radius 1 is 0.962 bits per heavy atom. The lowest BCUT2D eigenvalue weighted by Crippen LogP contribution is -2.58. The molecule has 3 rings (SSSR count). The van der Waals surface area contributed by atoms with E-state index in [1.165, 1.54) is 12.1 Å². The molecule has 1 aliphatic rings. The number of carboxylic acid groups (broad SMARTS) is 1. The molecule has 1 aliphatic heterocycles. The van der Waals surface area contributed by atoms with Crippen LogP contribution in [0, 0.1) is 0 Å². The van der Waals surface area contributed by atoms with Crippen LogP contribution in [-0.4, -0.2) is 113 Å². The van der Waals surface area contributed by atoms with E-state index in [-0.39, 0.29) is 55.4 Å². The van der Waals surface area contributed by atoms with Crippen LogP contribution in [0.25, 0.3) is 11.1 Å². The molecule has 4 bridgehead atoms. The van der Waals surface area contributed by atoms with Crippen LogP contribution < -0.4 is 27.4 Å². The van der Waals surface area contributed by atoms with Crippen molar-refractivity contribution in [2.24, 2.45) is 11.5 Å². The van der Waals surface area contributed by atoms with Crippen LogP contribution in [0.15, 0.2) is 36.4 Å². The van der Waals surface area contributed by atoms with E-state index in [0.717, 1.165) is 4.90 Å². The number of nitrogens with one attached hydrogen (secondary N) is 3. The van der Waals surface area contributed by atoms with Gasteiger partial charge in [0.15, 0.2) is 8.32 Å². The molecule has 1 heterocycles. The number of hydrogen-bond donors (Lipinski definition) is 9. The number of aliphatic hydroxyl groups is 1. The normalized spacial score (nSPS) is 19.9. The van der Waals surface area contributed by atoms with Crippen molar-refractivity contribution in [3.63, 3.8) is 0 Å². The molecular formula is C37H58N6O9Si. The topological polar surface area (TPSA) is 250 Å². The monoisotopic (exact) mass is 758 g/mol. The van der Waals surface area contributed by atoms with E-state index in [2.05, 4.69) is 36.7 Å². The highest BCUT2D eigenvalue weighted by Crippen LogP contribution is 2.38. The maximum Gasteiger partial charge on any atom is 0.407 e. The number of fused-ring (bicyclic) bond motifs is 5. The zero-order valence-electron chi connectivity index (χ0n) is 32.0. The van der Waals surface area contributed by atoms with Crippen molar-refractivity contribution >= 4 is 32.1 Å². The van der Waals surface area contributed by atoms with Gasteiger partial charge in [0, 0.05) is 37.9 Å². The van der Waals surface area contributed by atoms with Gasteiger partial charge in [0.1, 0.15) is 23.6 Å². The Labute approximate surface area is 312 Å². The smallest absolute Gasteiger partial charge is 0.407 e. The molecule has 0 saturated carbocycles. The molecule has 5 atom stereocenters. The maximum atomic E-state index is 14.2. The number of phenolic OH excluding ortho intramolecular Hbond substituents is 2. The van der Waals surface area contributed by atoms with Gasteiger partial charge in [-0.05, 0) is 85.4 Å². The highest BCUT2D eigenvalue weighted by atomic mass is 28.4. The van der Waals surface area contributed by atoms with Gasteiger partial charge in [0.05, 0.1) is 24.8 Å². The van der Waals surface area contributed by atoms with Crippen molar-refractivity contribution in [2.45, 2.75) is 115 Å². The Morgan fingerprint density at radius 2 is 1.51 bits per heavy atom. The van der Waals surface area contributed by atoms with Gasteiger partial charge in [-0.15, -0.1) is 0 Å². The number of aliphatic hydroxyl groups excluding tert-OH is 1. The summed E-state index contributed by atoms with van der Waals surface area (Å²) in [6, 6.07) is 5.79. The molecule has 53 heavy (non-hydrogen) atoms. The van der Waals surface area contributed by atoms with Gasteiger partial charge in [-0.3, -0.25) is 14.4 Å². The molecule has 2 aromatic carbocycles. The van der Waals surface area contributed by atoms with Crippen LogP contribution in [0.5, 0.6) is 11.5 Å². The van der Waals surface area contributed by atoms with Crippen LogP contribution in [0.4, 0.5) is 4.79 Å². The minimum absolute atomic E-state index is 0.0310. The summed E-state index contributed by atoms with van der Waals surface area (Å²) >= 11 is 0. The molecule has 15 nitrogen and oxygen atoms in total. The van der Waals surface area contributed by atoms with Gasteiger partial charge in [-0.25, -0.2) is 4.79 Å². The van der Waals surface area contributed by atoms with Gasteiger partial charge in [-0.1, -0.05) is 32.9 Å². The number of hydrogen-bond acceptors (Lipinski definition) is 10. The fourth-order valence-electron chi connectivity index (χ4n) is 5.70. The third kappa shape index (κ3) is 11.6. The fraction of sp³-hybridized carbons (Fsp3) is 0.568. The second-order valence-corrected chi connectivity index (χ2v) is 21.0. The average molecular weight is 759 g/mol. The van der Waals surface area contributed by atoms with Gasteiger partial charge < -0.3 is 57.2 Å². The zero-order valence-corrected chi connectivity index (χ0v) is 33.0. The summed E-state index contributed by atoms with van der Waals surface area (Å²) in [6.45, 7) is 14.7. The summed E-state index contributed by atoms with van der Waals surface area (Å²) in [5, 5.41) is 49.8. The van der Waals surface area contributed by atoms with Crippen molar-refractivity contribution < 1.29 is 44.0 Å². The van der Waals surface area contributed by atoms with Crippen LogP contribution in [0.3, 0.4) is 0 Å². The fourth-order valence-corrected chi connectivity index (χ4v) is 7.08. The quantitative estimate of drug-likeness (QED) is 0.159. The molecule has 1 unspecified atom stereocenters. The minimum atomic E-state index is -2.40. The highest BCUT2D eigenvalue weighted by molar-refractivity contribution is 6.74. The van der Waals surface area contributed by atoms with E-state index in [1.54, 1.807) is 45.0 Å². The van der Waals surface area contributed by atoms with Crippen molar-refractivity contribution in [1.82, 2.24) is 20.9 Å². The van der Waals surface area contributed by atoms with Crippen molar-refractivity contribution in [1.29, 1.82) is 0 Å². The first-order chi connectivity index (χ1) is 24.4. The van der Waals surface area contributed by atoms with E-state index in [0.29, 0.717) is 22.3 Å². The SMILES string of the molecule is CC(C)(C)N(CC(O)CNC(=O)[C@@H]1Cc2cc(ccc2O)-c2ccc(O)c(c2)C[C@H](N)C(=O)N[C@@H](C[C@H](CN)O[Si](C)(C)C(C)(C)C)C(=O)N1)C(=O)O. The van der Waals surface area contributed by atoms with Crippen molar-refractivity contribution in [2.75, 3.05) is 19.6 Å². The number of amides is 4. The molecule has 0 fully saturated rings. The molecule has 0 radical (unpaired) electrons.